The van der Waals surface area contributed by atoms with E-state index in [-0.39, 0.29) is 23.7 Å². The Balaban J connectivity index is 0.885. The highest BCUT2D eigenvalue weighted by molar-refractivity contribution is 5.87. The Bertz CT molecular complexity index is 1700. The van der Waals surface area contributed by atoms with Crippen LogP contribution in [0.4, 0.5) is 10.7 Å². The molecule has 1 aromatic carbocycles. The van der Waals surface area contributed by atoms with Crippen LogP contribution in [-0.4, -0.2) is 137 Å². The van der Waals surface area contributed by atoms with Gasteiger partial charge in [-0.15, -0.1) is 16.8 Å². The van der Waals surface area contributed by atoms with Gasteiger partial charge >= 0.3 is 18.1 Å². The number of nitrogens with one attached hydrogen (secondary N) is 3. The zero-order valence-electron chi connectivity index (χ0n) is 29.3. The molecule has 0 bridgehead atoms. The van der Waals surface area contributed by atoms with Crippen LogP contribution >= 0.6 is 0 Å². The van der Waals surface area contributed by atoms with Gasteiger partial charge in [0.25, 0.3) is 0 Å². The van der Waals surface area contributed by atoms with Crippen LogP contribution in [0.5, 0.6) is 23.5 Å². The summed E-state index contributed by atoms with van der Waals surface area (Å²) in [4.78, 5) is 27.7. The van der Waals surface area contributed by atoms with E-state index in [9.17, 15) is 25.2 Å². The molecule has 7 N–H and O–H groups in total. The molecule has 288 valence electrons. The van der Waals surface area contributed by atoms with Crippen LogP contribution in [0.1, 0.15) is 25.7 Å². The van der Waals surface area contributed by atoms with Crippen molar-refractivity contribution in [3.05, 3.63) is 24.4 Å². The second-order valence-electron chi connectivity index (χ2n) is 12.8. The fraction of sp³-hybridized carbons (Fsp3) is 0.600. The Morgan fingerprint density at radius 3 is 2.43 bits per heavy atom. The number of aliphatic hydroxyl groups excluding tert-OH is 4. The van der Waals surface area contributed by atoms with Crippen molar-refractivity contribution in [2.24, 2.45) is 17.8 Å². The predicted molar refractivity (Wildman–Crippen MR) is 185 cm³/mol. The molecule has 2 aliphatic carbocycles. The summed E-state index contributed by atoms with van der Waals surface area (Å²) in [6, 6.07) is 5.01. The van der Waals surface area contributed by atoms with E-state index in [1.54, 1.807) is 18.2 Å². The Morgan fingerprint density at radius 1 is 0.962 bits per heavy atom. The molecular formula is C35H46N6O12. The maximum absolute atomic E-state index is 12.0. The summed E-state index contributed by atoms with van der Waals surface area (Å²) in [6.45, 7) is 1.94. The van der Waals surface area contributed by atoms with Crippen LogP contribution in [0, 0.1) is 29.6 Å². The number of carbonyl (C=O) groups is 1. The van der Waals surface area contributed by atoms with Gasteiger partial charge in [-0.25, -0.2) is 4.79 Å². The molecule has 1 aliphatic heterocycles. The van der Waals surface area contributed by atoms with Crippen LogP contribution in [0.3, 0.4) is 0 Å². The van der Waals surface area contributed by atoms with Gasteiger partial charge in [0.05, 0.1) is 46.8 Å². The van der Waals surface area contributed by atoms with Crippen molar-refractivity contribution in [2.75, 3.05) is 65.2 Å². The van der Waals surface area contributed by atoms with Crippen molar-refractivity contribution in [1.29, 1.82) is 0 Å². The molecule has 6 rings (SSSR count). The van der Waals surface area contributed by atoms with Gasteiger partial charge in [0.2, 0.25) is 12.2 Å². The van der Waals surface area contributed by atoms with Crippen LogP contribution in [0.15, 0.2) is 24.4 Å². The van der Waals surface area contributed by atoms with Crippen LogP contribution in [0.2, 0.25) is 0 Å². The molecule has 2 aromatic heterocycles. The molecule has 1 amide bonds. The summed E-state index contributed by atoms with van der Waals surface area (Å²) in [6.07, 6.45) is -1.97. The molecular weight excluding hydrogens is 696 g/mol. The van der Waals surface area contributed by atoms with Crippen molar-refractivity contribution in [3.63, 3.8) is 0 Å². The molecule has 2 fully saturated rings. The van der Waals surface area contributed by atoms with Crippen molar-refractivity contribution in [2.45, 2.75) is 56.4 Å². The second kappa shape index (κ2) is 18.5. The number of aliphatic hydroxyl groups is 4. The van der Waals surface area contributed by atoms with Gasteiger partial charge in [0.1, 0.15) is 35.9 Å². The summed E-state index contributed by atoms with van der Waals surface area (Å²) in [5.74, 6) is 8.89. The second-order valence-corrected chi connectivity index (χ2v) is 12.8. The van der Waals surface area contributed by atoms with Gasteiger partial charge in [0, 0.05) is 43.0 Å². The minimum atomic E-state index is -1.58. The molecule has 18 heteroatoms. The van der Waals surface area contributed by atoms with E-state index in [4.69, 9.17) is 33.2 Å². The average molecular weight is 743 g/mol. The van der Waals surface area contributed by atoms with Crippen molar-refractivity contribution < 1.29 is 58.4 Å². The number of anilines is 1. The SMILES string of the molecule is COc1nc(NCCOCCOCCNC(=O)OCC2[C@H]3CCC#CCC[C@@H]23)nc(Oc2ccc3[nH]cc(O[C@@H]4O[C@H](CO)[C@@H](O)[C@H](O)[C@H]4O)c3c2)n1. The number of nitrogens with zero attached hydrogens (tertiary/aromatic N) is 3. The maximum atomic E-state index is 12.0. The van der Waals surface area contributed by atoms with Gasteiger partial charge in [-0.3, -0.25) is 0 Å². The molecule has 1 unspecified atom stereocenters. The number of hydrogen-bond donors (Lipinski definition) is 7. The lowest BCUT2D eigenvalue weighted by Gasteiger charge is -2.39. The molecule has 1 saturated carbocycles. The van der Waals surface area contributed by atoms with E-state index >= 15 is 0 Å². The first-order valence-corrected chi connectivity index (χ1v) is 17.7. The molecule has 0 spiro atoms. The minimum absolute atomic E-state index is 0.0186. The Morgan fingerprint density at radius 2 is 1.70 bits per heavy atom. The van der Waals surface area contributed by atoms with Gasteiger partial charge in [0.15, 0.2) is 0 Å². The quantitative estimate of drug-likeness (QED) is 0.0709. The summed E-state index contributed by atoms with van der Waals surface area (Å²) >= 11 is 0. The number of carbonyl (C=O) groups excluding carboxylic acids is 1. The monoisotopic (exact) mass is 742 g/mol. The number of benzene rings is 1. The topological polar surface area (TPSA) is 241 Å². The Hall–Kier alpha value is -4.48. The van der Waals surface area contributed by atoms with E-state index in [2.05, 4.69) is 42.4 Å². The number of amides is 1. The Kier molecular flexibility index (Phi) is 13.4. The van der Waals surface area contributed by atoms with Crippen molar-refractivity contribution in [1.82, 2.24) is 25.3 Å². The third-order valence-electron chi connectivity index (χ3n) is 9.36. The van der Waals surface area contributed by atoms with Gasteiger partial charge in [-0.05, 0) is 48.8 Å². The van der Waals surface area contributed by atoms with E-state index in [0.29, 0.717) is 80.5 Å². The zero-order valence-corrected chi connectivity index (χ0v) is 29.3. The predicted octanol–water partition coefficient (Wildman–Crippen LogP) is 0.943. The number of ether oxygens (including phenoxy) is 7. The minimum Gasteiger partial charge on any atom is -0.467 e. The lowest BCUT2D eigenvalue weighted by Crippen LogP contribution is -2.60. The normalized spacial score (nSPS) is 26.3. The first kappa shape index (κ1) is 38.3. The highest BCUT2D eigenvalue weighted by Crippen LogP contribution is 2.52. The highest BCUT2D eigenvalue weighted by Gasteiger charge is 2.49. The third-order valence-corrected chi connectivity index (χ3v) is 9.36. The van der Waals surface area contributed by atoms with Gasteiger partial charge < -0.3 is 69.2 Å². The number of aromatic amines is 1. The molecule has 3 aliphatic rings. The number of fused-ring (bicyclic) bond motifs is 2. The lowest BCUT2D eigenvalue weighted by atomic mass is 9.99. The summed E-state index contributed by atoms with van der Waals surface area (Å²) < 4.78 is 39.0. The first-order valence-electron chi connectivity index (χ1n) is 17.7. The van der Waals surface area contributed by atoms with E-state index in [0.717, 1.165) is 25.7 Å². The number of aromatic nitrogens is 4. The smallest absolute Gasteiger partial charge is 0.407 e. The fourth-order valence-electron chi connectivity index (χ4n) is 6.47. The van der Waals surface area contributed by atoms with Crippen LogP contribution in [0.25, 0.3) is 10.9 Å². The molecule has 8 atom stereocenters. The molecule has 1 saturated heterocycles. The maximum Gasteiger partial charge on any atom is 0.407 e. The number of rotatable bonds is 18. The molecule has 0 radical (unpaired) electrons. The summed E-state index contributed by atoms with van der Waals surface area (Å²) in [5, 5.41) is 46.4. The van der Waals surface area contributed by atoms with E-state index < -0.39 is 43.4 Å². The molecule has 18 nitrogen and oxygen atoms in total. The molecule has 3 aromatic rings. The fourth-order valence-corrected chi connectivity index (χ4v) is 6.47. The van der Waals surface area contributed by atoms with Crippen molar-refractivity contribution in [3.8, 4) is 35.4 Å². The van der Waals surface area contributed by atoms with E-state index in [1.165, 1.54) is 13.3 Å². The number of H-pyrrole nitrogens is 1. The Labute approximate surface area is 305 Å². The first-order chi connectivity index (χ1) is 25.8. The number of hydrogen-bond acceptors (Lipinski definition) is 16. The number of methoxy groups -OCH3 is 1. The molecule has 3 heterocycles. The van der Waals surface area contributed by atoms with Crippen molar-refractivity contribution >= 4 is 22.9 Å². The van der Waals surface area contributed by atoms with E-state index in [1.807, 2.05) is 0 Å². The average Bonchev–Trinajstić information content (AvgIpc) is 3.63. The summed E-state index contributed by atoms with van der Waals surface area (Å²) in [7, 11) is 1.41. The highest BCUT2D eigenvalue weighted by atomic mass is 16.7. The number of alkyl carbamates (subject to hydrolysis) is 1. The summed E-state index contributed by atoms with van der Waals surface area (Å²) in [5.41, 5.74) is 0.664. The van der Waals surface area contributed by atoms with Crippen LogP contribution in [-0.2, 0) is 18.9 Å². The van der Waals surface area contributed by atoms with Crippen LogP contribution < -0.4 is 24.8 Å². The largest absolute Gasteiger partial charge is 0.467 e. The standard InChI is InChI=1S/C35H46N6O12/c1-47-33-39-32(36-10-12-48-14-15-49-13-11-37-35(46)50-19-24-21-6-4-2-3-5-7-22(21)24)40-34(41-33)51-20-8-9-25-23(16-20)26(17-38-25)52-31-30(45)29(44)28(43)27(18-42)53-31/h8-9,16-17,21-22,24,27-31,38,42-45H,4-7,10-15,18-19H2,1H3,(H,37,46)(H,36,39,40,41)/t21-,22+,24?,27-,28-,29+,30-,31-/m1/s1. The lowest BCUT2D eigenvalue weighted by molar-refractivity contribution is -0.277. The zero-order chi connectivity index (χ0) is 37.2. The van der Waals surface area contributed by atoms with Gasteiger partial charge in [-0.2, -0.15) is 9.97 Å². The molecule has 53 heavy (non-hydrogen) atoms. The van der Waals surface area contributed by atoms with Gasteiger partial charge in [-0.1, -0.05) is 0 Å². The third kappa shape index (κ3) is 10.1.